The molecule has 1 atom stereocenters. The lowest BCUT2D eigenvalue weighted by Crippen LogP contribution is -2.48. The first-order valence-electron chi connectivity index (χ1n) is 7.71. The van der Waals surface area contributed by atoms with Crippen LogP contribution in [-0.2, 0) is 9.59 Å². The Hall–Kier alpha value is -3.06. The maximum atomic E-state index is 13.8. The third-order valence-electron chi connectivity index (χ3n) is 3.91. The predicted octanol–water partition coefficient (Wildman–Crippen LogP) is 1.70. The van der Waals surface area contributed by atoms with Gasteiger partial charge >= 0.3 is 0 Å². The Labute approximate surface area is 143 Å². The van der Waals surface area contributed by atoms with E-state index in [4.69, 9.17) is 0 Å². The highest BCUT2D eigenvalue weighted by Gasteiger charge is 2.40. The summed E-state index contributed by atoms with van der Waals surface area (Å²) in [5, 5.41) is 0. The number of anilines is 1. The van der Waals surface area contributed by atoms with Crippen LogP contribution in [0.4, 0.5) is 10.1 Å². The number of carbonyl (C=O) groups is 3. The third kappa shape index (κ3) is 3.41. The van der Waals surface area contributed by atoms with Crippen LogP contribution in [0.2, 0.25) is 0 Å². The number of nitrogens with one attached hydrogen (secondary N) is 2. The summed E-state index contributed by atoms with van der Waals surface area (Å²) >= 11 is 0. The lowest BCUT2D eigenvalue weighted by Gasteiger charge is -2.16. The number of carbonyl (C=O) groups excluding carboxylic acids is 3. The van der Waals surface area contributed by atoms with Crippen molar-refractivity contribution >= 4 is 23.4 Å². The predicted molar refractivity (Wildman–Crippen MR) is 89.1 cm³/mol. The quantitative estimate of drug-likeness (QED) is 0.655. The zero-order chi connectivity index (χ0) is 18.0. The smallest absolute Gasteiger partial charge is 0.265 e. The van der Waals surface area contributed by atoms with Gasteiger partial charge in [0.2, 0.25) is 5.91 Å². The van der Waals surface area contributed by atoms with E-state index in [1.54, 1.807) is 30.3 Å². The standard InChI is InChI=1S/C18H16FN3O3/c1-11-6-8-12(9-7-11)17(24)21-20-14-10-16(23)22(18(14)25)15-5-3-2-4-13(15)19/h2-9,14,20H,10H2,1H3,(H,21,24)/t14-/m0/s1. The molecular weight excluding hydrogens is 325 g/mol. The van der Waals surface area contributed by atoms with Crippen LogP contribution in [0.25, 0.3) is 0 Å². The first kappa shape index (κ1) is 16.8. The largest absolute Gasteiger partial charge is 0.287 e. The summed E-state index contributed by atoms with van der Waals surface area (Å²) in [5.41, 5.74) is 6.32. The summed E-state index contributed by atoms with van der Waals surface area (Å²) in [6.07, 6.45) is -0.165. The van der Waals surface area contributed by atoms with Crippen LogP contribution in [0.15, 0.2) is 48.5 Å². The van der Waals surface area contributed by atoms with Crippen LogP contribution in [0.3, 0.4) is 0 Å². The Bertz CT molecular complexity index is 836. The van der Waals surface area contributed by atoms with Gasteiger partial charge in [-0.25, -0.2) is 14.7 Å². The molecule has 25 heavy (non-hydrogen) atoms. The summed E-state index contributed by atoms with van der Waals surface area (Å²) in [4.78, 5) is 37.3. The van der Waals surface area contributed by atoms with Gasteiger partial charge in [-0.1, -0.05) is 29.8 Å². The molecular formula is C18H16FN3O3. The van der Waals surface area contributed by atoms with Gasteiger partial charge in [0.15, 0.2) is 0 Å². The van der Waals surface area contributed by atoms with Gasteiger partial charge in [-0.3, -0.25) is 19.8 Å². The maximum absolute atomic E-state index is 13.8. The average Bonchev–Trinajstić information content (AvgIpc) is 2.88. The molecule has 3 rings (SSSR count). The number of benzene rings is 2. The molecule has 7 heteroatoms. The SMILES string of the molecule is Cc1ccc(C(=O)NN[C@H]2CC(=O)N(c3ccccc3F)C2=O)cc1. The highest BCUT2D eigenvalue weighted by atomic mass is 19.1. The van der Waals surface area contributed by atoms with Crippen LogP contribution in [0.1, 0.15) is 22.3 Å². The minimum absolute atomic E-state index is 0.0911. The number of nitrogens with zero attached hydrogens (tertiary/aromatic N) is 1. The van der Waals surface area contributed by atoms with Gasteiger partial charge in [0.05, 0.1) is 12.1 Å². The Morgan fingerprint density at radius 3 is 2.48 bits per heavy atom. The van der Waals surface area contributed by atoms with E-state index >= 15 is 0 Å². The van der Waals surface area contributed by atoms with Gasteiger partial charge in [-0.2, -0.15) is 0 Å². The number of amides is 3. The van der Waals surface area contributed by atoms with Crippen molar-refractivity contribution in [3.05, 3.63) is 65.5 Å². The van der Waals surface area contributed by atoms with Crippen molar-refractivity contribution in [3.8, 4) is 0 Å². The molecule has 0 bridgehead atoms. The molecule has 1 aliphatic rings. The van der Waals surface area contributed by atoms with Crippen LogP contribution in [0.5, 0.6) is 0 Å². The summed E-state index contributed by atoms with van der Waals surface area (Å²) in [6, 6.07) is 11.5. The second kappa shape index (κ2) is 6.82. The van der Waals surface area contributed by atoms with Gasteiger partial charge in [0.1, 0.15) is 11.9 Å². The summed E-state index contributed by atoms with van der Waals surface area (Å²) in [5.74, 6) is -2.23. The van der Waals surface area contributed by atoms with Crippen LogP contribution in [-0.4, -0.2) is 23.8 Å². The lowest BCUT2D eigenvalue weighted by atomic mass is 10.1. The van der Waals surface area contributed by atoms with Gasteiger partial charge in [0, 0.05) is 5.56 Å². The number of hydrogen-bond acceptors (Lipinski definition) is 4. The number of hydrazine groups is 1. The molecule has 0 radical (unpaired) electrons. The van der Waals surface area contributed by atoms with Crippen molar-refractivity contribution in [3.63, 3.8) is 0 Å². The van der Waals surface area contributed by atoms with Gasteiger partial charge < -0.3 is 0 Å². The van der Waals surface area contributed by atoms with E-state index in [2.05, 4.69) is 10.9 Å². The molecule has 2 N–H and O–H groups in total. The van der Waals surface area contributed by atoms with Gasteiger partial charge in [-0.15, -0.1) is 0 Å². The van der Waals surface area contributed by atoms with E-state index in [-0.39, 0.29) is 12.1 Å². The molecule has 0 spiro atoms. The number of para-hydroxylation sites is 1. The molecule has 128 valence electrons. The molecule has 3 amide bonds. The molecule has 1 heterocycles. The molecule has 2 aromatic carbocycles. The molecule has 6 nitrogen and oxygen atoms in total. The Morgan fingerprint density at radius 1 is 1.12 bits per heavy atom. The summed E-state index contributed by atoms with van der Waals surface area (Å²) in [7, 11) is 0. The first-order chi connectivity index (χ1) is 12.0. The first-order valence-corrected chi connectivity index (χ1v) is 7.71. The van der Waals surface area contributed by atoms with Crippen molar-refractivity contribution in [1.82, 2.24) is 10.9 Å². The maximum Gasteiger partial charge on any atom is 0.265 e. The van der Waals surface area contributed by atoms with Crippen molar-refractivity contribution in [2.75, 3.05) is 4.90 Å². The van der Waals surface area contributed by atoms with E-state index in [1.165, 1.54) is 18.2 Å². The zero-order valence-corrected chi connectivity index (χ0v) is 13.5. The highest BCUT2D eigenvalue weighted by molar-refractivity contribution is 6.22. The second-order valence-corrected chi connectivity index (χ2v) is 5.74. The zero-order valence-electron chi connectivity index (χ0n) is 13.5. The molecule has 1 aliphatic heterocycles. The molecule has 0 saturated carbocycles. The van der Waals surface area contributed by atoms with E-state index in [1.807, 2.05) is 6.92 Å². The molecule has 1 saturated heterocycles. The van der Waals surface area contributed by atoms with Crippen molar-refractivity contribution in [1.29, 1.82) is 0 Å². The normalized spacial score (nSPS) is 17.0. The minimum Gasteiger partial charge on any atom is -0.287 e. The lowest BCUT2D eigenvalue weighted by molar-refractivity contribution is -0.121. The highest BCUT2D eigenvalue weighted by Crippen LogP contribution is 2.25. The van der Waals surface area contributed by atoms with Gasteiger partial charge in [0.25, 0.3) is 11.8 Å². The van der Waals surface area contributed by atoms with Crippen LogP contribution < -0.4 is 15.8 Å². The molecule has 2 aromatic rings. The fourth-order valence-electron chi connectivity index (χ4n) is 2.56. The molecule has 0 unspecified atom stereocenters. The van der Waals surface area contributed by atoms with E-state index in [0.29, 0.717) is 5.56 Å². The van der Waals surface area contributed by atoms with Crippen LogP contribution >= 0.6 is 0 Å². The Kier molecular flexibility index (Phi) is 4.58. The Morgan fingerprint density at radius 2 is 1.80 bits per heavy atom. The topological polar surface area (TPSA) is 78.5 Å². The second-order valence-electron chi connectivity index (χ2n) is 5.74. The number of aryl methyl sites for hydroxylation is 1. The fraction of sp³-hybridized carbons (Fsp3) is 0.167. The van der Waals surface area contributed by atoms with Crippen LogP contribution in [0, 0.1) is 12.7 Å². The molecule has 0 aromatic heterocycles. The van der Waals surface area contributed by atoms with E-state index in [9.17, 15) is 18.8 Å². The minimum atomic E-state index is -0.943. The number of hydrogen-bond donors (Lipinski definition) is 2. The summed E-state index contributed by atoms with van der Waals surface area (Å²) in [6.45, 7) is 1.90. The number of halogens is 1. The van der Waals surface area contributed by atoms with E-state index < -0.39 is 29.6 Å². The average molecular weight is 341 g/mol. The monoisotopic (exact) mass is 341 g/mol. The third-order valence-corrected chi connectivity index (χ3v) is 3.91. The van der Waals surface area contributed by atoms with Crippen molar-refractivity contribution < 1.29 is 18.8 Å². The Balaban J connectivity index is 1.67. The fourth-order valence-corrected chi connectivity index (χ4v) is 2.56. The summed E-state index contributed by atoms with van der Waals surface area (Å²) < 4.78 is 13.8. The molecule has 1 fully saturated rings. The van der Waals surface area contributed by atoms with Gasteiger partial charge in [-0.05, 0) is 31.2 Å². The number of rotatable bonds is 4. The van der Waals surface area contributed by atoms with Crippen molar-refractivity contribution in [2.24, 2.45) is 0 Å². The number of imide groups is 1. The molecule has 0 aliphatic carbocycles. The van der Waals surface area contributed by atoms with Crippen molar-refractivity contribution in [2.45, 2.75) is 19.4 Å². The van der Waals surface area contributed by atoms with E-state index in [0.717, 1.165) is 10.5 Å².